The predicted molar refractivity (Wildman–Crippen MR) is 111 cm³/mol. The molecule has 4 nitrogen and oxygen atoms in total. The van der Waals surface area contributed by atoms with E-state index >= 15 is 0 Å². The van der Waals surface area contributed by atoms with Crippen LogP contribution in [0.15, 0.2) is 48.0 Å². The summed E-state index contributed by atoms with van der Waals surface area (Å²) in [6, 6.07) is 10.3. The van der Waals surface area contributed by atoms with Gasteiger partial charge in [-0.15, -0.1) is 41.9 Å². The van der Waals surface area contributed by atoms with Gasteiger partial charge in [0, 0.05) is 23.5 Å². The molecular weight excluding hydrogens is 419 g/mol. The van der Waals surface area contributed by atoms with Crippen molar-refractivity contribution in [2.45, 2.75) is 20.4 Å². The highest BCUT2D eigenvalue weighted by Crippen LogP contribution is 2.28. The van der Waals surface area contributed by atoms with Gasteiger partial charge in [0.05, 0.1) is 12.2 Å². The van der Waals surface area contributed by atoms with Crippen LogP contribution in [0.3, 0.4) is 0 Å². The van der Waals surface area contributed by atoms with E-state index in [0.29, 0.717) is 13.1 Å². The Morgan fingerprint density at radius 3 is 2.70 bits per heavy atom. The first-order valence-corrected chi connectivity index (χ1v) is 8.21. The number of aliphatic imine (C=N–C) groups is 1. The highest BCUT2D eigenvalue weighted by Gasteiger charge is 2.09. The molecule has 2 rings (SSSR count). The SMILES string of the molecule is C=CCNC(=NCc1sc(-c2ccccc2)nc1C)NCC.I. The average Bonchev–Trinajstić information content (AvgIpc) is 2.92. The largest absolute Gasteiger partial charge is 0.357 e. The van der Waals surface area contributed by atoms with Gasteiger partial charge in [-0.05, 0) is 13.8 Å². The van der Waals surface area contributed by atoms with Crippen LogP contribution in [0.2, 0.25) is 0 Å². The normalized spacial score (nSPS) is 10.8. The summed E-state index contributed by atoms with van der Waals surface area (Å²) in [5, 5.41) is 7.47. The van der Waals surface area contributed by atoms with Gasteiger partial charge in [0.1, 0.15) is 5.01 Å². The Hall–Kier alpha value is -1.41. The van der Waals surface area contributed by atoms with E-state index in [4.69, 9.17) is 0 Å². The lowest BCUT2D eigenvalue weighted by molar-refractivity contribution is 0.861. The summed E-state index contributed by atoms with van der Waals surface area (Å²) in [5.74, 6) is 0.802. The molecule has 0 saturated heterocycles. The number of halogens is 1. The lowest BCUT2D eigenvalue weighted by atomic mass is 10.2. The molecule has 0 amide bonds. The Kier molecular flexibility index (Phi) is 8.86. The standard InChI is InChI=1S/C17H22N4S.HI/c1-4-11-19-17(18-5-2)20-12-15-13(3)21-16(22-15)14-9-7-6-8-10-14;/h4,6-10H,1,5,11-12H2,2-3H3,(H2,18,19,20);1H. The predicted octanol–water partition coefficient (Wildman–Crippen LogP) is 3.98. The molecule has 23 heavy (non-hydrogen) atoms. The zero-order valence-corrected chi connectivity index (χ0v) is 16.7. The molecule has 0 aliphatic heterocycles. The molecule has 0 radical (unpaired) electrons. The molecule has 0 aliphatic carbocycles. The first kappa shape index (κ1) is 19.6. The minimum atomic E-state index is 0. The first-order chi connectivity index (χ1) is 10.7. The molecule has 1 aromatic carbocycles. The quantitative estimate of drug-likeness (QED) is 0.308. The van der Waals surface area contributed by atoms with Gasteiger partial charge >= 0.3 is 0 Å². The summed E-state index contributed by atoms with van der Waals surface area (Å²) in [4.78, 5) is 10.5. The molecule has 0 fully saturated rings. The van der Waals surface area contributed by atoms with Crippen LogP contribution >= 0.6 is 35.3 Å². The molecule has 0 saturated carbocycles. The highest BCUT2D eigenvalue weighted by atomic mass is 127. The number of aryl methyl sites for hydroxylation is 1. The van der Waals surface area contributed by atoms with Gasteiger partial charge in [0.2, 0.25) is 0 Å². The fourth-order valence-electron chi connectivity index (χ4n) is 1.94. The third-order valence-corrected chi connectivity index (χ3v) is 4.24. The molecule has 1 aromatic heterocycles. The van der Waals surface area contributed by atoms with Crippen LogP contribution in [0, 0.1) is 6.92 Å². The number of nitrogens with one attached hydrogen (secondary N) is 2. The molecule has 2 N–H and O–H groups in total. The number of hydrogen-bond donors (Lipinski definition) is 2. The van der Waals surface area contributed by atoms with Gasteiger partial charge < -0.3 is 10.6 Å². The maximum Gasteiger partial charge on any atom is 0.191 e. The molecule has 0 bridgehead atoms. The Morgan fingerprint density at radius 2 is 2.04 bits per heavy atom. The van der Waals surface area contributed by atoms with E-state index in [-0.39, 0.29) is 24.0 Å². The summed E-state index contributed by atoms with van der Waals surface area (Å²) in [6.45, 7) is 9.96. The fraction of sp³-hybridized carbons (Fsp3) is 0.294. The summed E-state index contributed by atoms with van der Waals surface area (Å²) in [7, 11) is 0. The van der Waals surface area contributed by atoms with Crippen molar-refractivity contribution < 1.29 is 0 Å². The van der Waals surface area contributed by atoms with Crippen molar-refractivity contribution in [1.82, 2.24) is 15.6 Å². The Bertz CT molecular complexity index is 637. The highest BCUT2D eigenvalue weighted by molar-refractivity contribution is 14.0. The van der Waals surface area contributed by atoms with Gasteiger partial charge in [-0.25, -0.2) is 9.98 Å². The summed E-state index contributed by atoms with van der Waals surface area (Å²) in [6.07, 6.45) is 1.82. The van der Waals surface area contributed by atoms with Crippen LogP contribution in [0.5, 0.6) is 0 Å². The molecule has 0 atom stereocenters. The van der Waals surface area contributed by atoms with Crippen LogP contribution in [-0.4, -0.2) is 24.0 Å². The minimum Gasteiger partial charge on any atom is -0.357 e. The van der Waals surface area contributed by atoms with Crippen molar-refractivity contribution in [2.24, 2.45) is 4.99 Å². The fourth-order valence-corrected chi connectivity index (χ4v) is 2.93. The van der Waals surface area contributed by atoms with Crippen LogP contribution in [0.25, 0.3) is 10.6 Å². The summed E-state index contributed by atoms with van der Waals surface area (Å²) < 4.78 is 0. The number of rotatable bonds is 6. The second-order valence-corrected chi connectivity index (χ2v) is 5.84. The third-order valence-electron chi connectivity index (χ3n) is 3.05. The number of guanidine groups is 1. The van der Waals surface area contributed by atoms with E-state index in [1.54, 1.807) is 11.3 Å². The first-order valence-electron chi connectivity index (χ1n) is 7.39. The van der Waals surface area contributed by atoms with Crippen molar-refractivity contribution >= 4 is 41.3 Å². The summed E-state index contributed by atoms with van der Waals surface area (Å²) in [5.41, 5.74) is 2.20. The number of hydrogen-bond acceptors (Lipinski definition) is 3. The maximum absolute atomic E-state index is 4.66. The Morgan fingerprint density at radius 1 is 1.30 bits per heavy atom. The molecule has 0 spiro atoms. The molecular formula is C17H23IN4S. The second kappa shape index (κ2) is 10.4. The van der Waals surface area contributed by atoms with Crippen LogP contribution in [0.4, 0.5) is 0 Å². The number of thiazole rings is 1. The van der Waals surface area contributed by atoms with Gasteiger partial charge in [-0.2, -0.15) is 0 Å². The number of nitrogens with zero attached hydrogens (tertiary/aromatic N) is 2. The lowest BCUT2D eigenvalue weighted by Crippen LogP contribution is -2.37. The minimum absolute atomic E-state index is 0. The molecule has 0 aliphatic rings. The molecule has 2 aromatic rings. The summed E-state index contributed by atoms with van der Waals surface area (Å²) >= 11 is 1.70. The zero-order chi connectivity index (χ0) is 15.8. The van der Waals surface area contributed by atoms with Crippen LogP contribution < -0.4 is 10.6 Å². The van der Waals surface area contributed by atoms with E-state index in [9.17, 15) is 0 Å². The maximum atomic E-state index is 4.66. The van der Waals surface area contributed by atoms with Crippen LogP contribution in [0.1, 0.15) is 17.5 Å². The Balaban J connectivity index is 0.00000264. The number of aromatic nitrogens is 1. The molecule has 0 unspecified atom stereocenters. The third kappa shape index (κ3) is 5.95. The van der Waals surface area contributed by atoms with E-state index in [1.807, 2.05) is 31.2 Å². The molecule has 1 heterocycles. The van der Waals surface area contributed by atoms with Crippen molar-refractivity contribution in [3.8, 4) is 10.6 Å². The van der Waals surface area contributed by atoms with Gasteiger partial charge in [-0.3, -0.25) is 0 Å². The Labute approximate surface area is 159 Å². The lowest BCUT2D eigenvalue weighted by Gasteiger charge is -2.08. The topological polar surface area (TPSA) is 49.3 Å². The van der Waals surface area contributed by atoms with Gasteiger partial charge in [-0.1, -0.05) is 36.4 Å². The zero-order valence-electron chi connectivity index (χ0n) is 13.5. The molecule has 124 valence electrons. The smallest absolute Gasteiger partial charge is 0.191 e. The average molecular weight is 442 g/mol. The van der Waals surface area contributed by atoms with Crippen LogP contribution in [-0.2, 0) is 6.54 Å². The second-order valence-electron chi connectivity index (χ2n) is 4.76. The van der Waals surface area contributed by atoms with Gasteiger partial charge in [0.25, 0.3) is 0 Å². The van der Waals surface area contributed by atoms with E-state index in [2.05, 4.69) is 46.2 Å². The molecule has 6 heteroatoms. The van der Waals surface area contributed by atoms with Crippen molar-refractivity contribution in [2.75, 3.05) is 13.1 Å². The van der Waals surface area contributed by atoms with Crippen molar-refractivity contribution in [3.05, 3.63) is 53.6 Å². The van der Waals surface area contributed by atoms with E-state index in [1.165, 1.54) is 4.88 Å². The monoisotopic (exact) mass is 442 g/mol. The van der Waals surface area contributed by atoms with E-state index in [0.717, 1.165) is 28.8 Å². The van der Waals surface area contributed by atoms with Crippen molar-refractivity contribution in [1.29, 1.82) is 0 Å². The van der Waals surface area contributed by atoms with Crippen molar-refractivity contribution in [3.63, 3.8) is 0 Å². The van der Waals surface area contributed by atoms with Gasteiger partial charge in [0.15, 0.2) is 5.96 Å². The van der Waals surface area contributed by atoms with E-state index < -0.39 is 0 Å². The number of benzene rings is 1.